The molecule has 1 heterocycles. The first-order valence-corrected chi connectivity index (χ1v) is 7.43. The summed E-state index contributed by atoms with van der Waals surface area (Å²) in [5.41, 5.74) is 5.66. The fourth-order valence-corrected chi connectivity index (χ4v) is 2.84. The molecule has 0 amide bonds. The first-order valence-electron chi connectivity index (χ1n) is 7.43. The Morgan fingerprint density at radius 3 is 2.36 bits per heavy atom. The van der Waals surface area contributed by atoms with Crippen molar-refractivity contribution in [2.45, 2.75) is 6.92 Å². The molecule has 0 aliphatic heterocycles. The number of imidazole rings is 1. The van der Waals surface area contributed by atoms with Crippen molar-refractivity contribution >= 4 is 11.0 Å². The Hall–Kier alpha value is -2.87. The second kappa shape index (κ2) is 5.15. The van der Waals surface area contributed by atoms with Gasteiger partial charge in [-0.25, -0.2) is 4.98 Å². The Kier molecular flexibility index (Phi) is 3.01. The number of aromatic nitrogens is 2. The lowest BCUT2D eigenvalue weighted by molar-refractivity contribution is 1.10. The van der Waals surface area contributed by atoms with Crippen LogP contribution in [0.25, 0.3) is 28.1 Å². The summed E-state index contributed by atoms with van der Waals surface area (Å²) in [5, 5.41) is 0. The Morgan fingerprint density at radius 1 is 0.773 bits per heavy atom. The second-order valence-electron chi connectivity index (χ2n) is 5.46. The number of rotatable bonds is 2. The molecule has 0 spiro atoms. The van der Waals surface area contributed by atoms with Crippen molar-refractivity contribution in [1.82, 2.24) is 9.55 Å². The summed E-state index contributed by atoms with van der Waals surface area (Å²) in [5.74, 6) is 0.983. The van der Waals surface area contributed by atoms with Gasteiger partial charge in [-0.3, -0.25) is 4.57 Å². The predicted octanol–water partition coefficient (Wildman–Crippen LogP) is 5.00. The molecular formula is C20H16N2. The highest BCUT2D eigenvalue weighted by molar-refractivity contribution is 5.83. The zero-order valence-electron chi connectivity index (χ0n) is 12.4. The average Bonchev–Trinajstić information content (AvgIpc) is 2.95. The summed E-state index contributed by atoms with van der Waals surface area (Å²) in [7, 11) is 0. The Balaban J connectivity index is 2.06. The highest BCUT2D eigenvalue weighted by Crippen LogP contribution is 2.28. The van der Waals surface area contributed by atoms with Gasteiger partial charge in [0.1, 0.15) is 5.82 Å². The third-order valence-corrected chi connectivity index (χ3v) is 3.85. The van der Waals surface area contributed by atoms with E-state index in [0.29, 0.717) is 0 Å². The van der Waals surface area contributed by atoms with Crippen LogP contribution in [0, 0.1) is 6.92 Å². The van der Waals surface area contributed by atoms with E-state index in [-0.39, 0.29) is 0 Å². The van der Waals surface area contributed by atoms with E-state index >= 15 is 0 Å². The topological polar surface area (TPSA) is 17.8 Å². The van der Waals surface area contributed by atoms with Gasteiger partial charge in [0.25, 0.3) is 0 Å². The summed E-state index contributed by atoms with van der Waals surface area (Å²) < 4.78 is 2.23. The van der Waals surface area contributed by atoms with Gasteiger partial charge in [0, 0.05) is 11.3 Å². The first-order chi connectivity index (χ1) is 10.8. The number of nitrogens with zero attached hydrogens (tertiary/aromatic N) is 2. The van der Waals surface area contributed by atoms with E-state index in [0.717, 1.165) is 28.1 Å². The zero-order valence-corrected chi connectivity index (χ0v) is 12.4. The van der Waals surface area contributed by atoms with Crippen LogP contribution in [-0.2, 0) is 0 Å². The molecule has 0 saturated carbocycles. The van der Waals surface area contributed by atoms with Crippen molar-refractivity contribution in [2.24, 2.45) is 0 Å². The Bertz CT molecular complexity index is 936. The van der Waals surface area contributed by atoms with Gasteiger partial charge < -0.3 is 0 Å². The highest BCUT2D eigenvalue weighted by atomic mass is 15.1. The normalized spacial score (nSPS) is 11.0. The first kappa shape index (κ1) is 12.8. The Labute approximate surface area is 129 Å². The number of benzene rings is 3. The van der Waals surface area contributed by atoms with E-state index in [9.17, 15) is 0 Å². The monoisotopic (exact) mass is 284 g/mol. The van der Waals surface area contributed by atoms with Crippen molar-refractivity contribution in [3.63, 3.8) is 0 Å². The number of hydrogen-bond donors (Lipinski definition) is 0. The third-order valence-electron chi connectivity index (χ3n) is 3.85. The largest absolute Gasteiger partial charge is 0.292 e. The van der Waals surface area contributed by atoms with Crippen LogP contribution in [0.15, 0.2) is 78.9 Å². The lowest BCUT2D eigenvalue weighted by atomic mass is 10.1. The minimum absolute atomic E-state index is 0.983. The van der Waals surface area contributed by atoms with Crippen LogP contribution < -0.4 is 0 Å². The number of aryl methyl sites for hydroxylation is 1. The van der Waals surface area contributed by atoms with E-state index in [1.54, 1.807) is 0 Å². The molecule has 0 bridgehead atoms. The molecular weight excluding hydrogens is 268 g/mol. The van der Waals surface area contributed by atoms with Crippen molar-refractivity contribution in [3.8, 4) is 17.1 Å². The summed E-state index contributed by atoms with van der Waals surface area (Å²) in [6, 6.07) is 27.2. The number of para-hydroxylation sites is 3. The van der Waals surface area contributed by atoms with Gasteiger partial charge in [-0.05, 0) is 37.3 Å². The fraction of sp³-hybridized carbons (Fsp3) is 0.0500. The molecule has 106 valence electrons. The van der Waals surface area contributed by atoms with Gasteiger partial charge >= 0.3 is 0 Å². The molecule has 2 heteroatoms. The molecule has 4 aromatic rings. The molecule has 3 aromatic carbocycles. The van der Waals surface area contributed by atoms with E-state index in [1.807, 2.05) is 12.1 Å². The molecule has 4 rings (SSSR count). The van der Waals surface area contributed by atoms with Crippen LogP contribution in [0.1, 0.15) is 5.56 Å². The average molecular weight is 284 g/mol. The molecule has 0 aliphatic carbocycles. The maximum Gasteiger partial charge on any atom is 0.145 e. The van der Waals surface area contributed by atoms with E-state index in [1.165, 1.54) is 5.56 Å². The van der Waals surface area contributed by atoms with Crippen LogP contribution in [-0.4, -0.2) is 9.55 Å². The van der Waals surface area contributed by atoms with Crippen LogP contribution in [0.3, 0.4) is 0 Å². The van der Waals surface area contributed by atoms with Gasteiger partial charge in [0.2, 0.25) is 0 Å². The highest BCUT2D eigenvalue weighted by Gasteiger charge is 2.13. The van der Waals surface area contributed by atoms with Gasteiger partial charge in [-0.1, -0.05) is 54.1 Å². The molecule has 0 N–H and O–H groups in total. The molecule has 2 nitrogen and oxygen atoms in total. The summed E-state index contributed by atoms with van der Waals surface area (Å²) in [4.78, 5) is 4.86. The van der Waals surface area contributed by atoms with Gasteiger partial charge in [-0.15, -0.1) is 0 Å². The lowest BCUT2D eigenvalue weighted by Gasteiger charge is -2.09. The van der Waals surface area contributed by atoms with Crippen molar-refractivity contribution in [2.75, 3.05) is 0 Å². The molecule has 0 atom stereocenters. The second-order valence-corrected chi connectivity index (χ2v) is 5.46. The van der Waals surface area contributed by atoms with E-state index < -0.39 is 0 Å². The van der Waals surface area contributed by atoms with Crippen molar-refractivity contribution in [1.29, 1.82) is 0 Å². The summed E-state index contributed by atoms with van der Waals surface area (Å²) in [6.45, 7) is 2.11. The standard InChI is InChI=1S/C20H16N2/c1-15-8-7-9-16(14-15)20-21-18-12-5-6-13-19(18)22(20)17-10-3-2-4-11-17/h2-14H,1H3. The van der Waals surface area contributed by atoms with Gasteiger partial charge in [0.15, 0.2) is 0 Å². The minimum atomic E-state index is 0.983. The molecule has 0 saturated heterocycles. The van der Waals surface area contributed by atoms with Crippen molar-refractivity contribution < 1.29 is 0 Å². The lowest BCUT2D eigenvalue weighted by Crippen LogP contribution is -1.97. The fourth-order valence-electron chi connectivity index (χ4n) is 2.84. The van der Waals surface area contributed by atoms with E-state index in [2.05, 4.69) is 78.2 Å². The number of fused-ring (bicyclic) bond motifs is 1. The molecule has 1 aromatic heterocycles. The minimum Gasteiger partial charge on any atom is -0.292 e. The van der Waals surface area contributed by atoms with Crippen LogP contribution in [0.4, 0.5) is 0 Å². The van der Waals surface area contributed by atoms with Crippen molar-refractivity contribution in [3.05, 3.63) is 84.4 Å². The number of hydrogen-bond acceptors (Lipinski definition) is 1. The molecule has 0 radical (unpaired) electrons. The quantitative estimate of drug-likeness (QED) is 0.506. The summed E-state index contributed by atoms with van der Waals surface area (Å²) >= 11 is 0. The van der Waals surface area contributed by atoms with Crippen LogP contribution in [0.2, 0.25) is 0 Å². The maximum atomic E-state index is 4.86. The predicted molar refractivity (Wildman–Crippen MR) is 91.2 cm³/mol. The molecule has 0 unspecified atom stereocenters. The van der Waals surface area contributed by atoms with Crippen LogP contribution in [0.5, 0.6) is 0 Å². The third kappa shape index (κ3) is 2.09. The Morgan fingerprint density at radius 2 is 1.55 bits per heavy atom. The van der Waals surface area contributed by atoms with Gasteiger partial charge in [0.05, 0.1) is 11.0 Å². The van der Waals surface area contributed by atoms with Crippen LogP contribution >= 0.6 is 0 Å². The zero-order chi connectivity index (χ0) is 14.9. The smallest absolute Gasteiger partial charge is 0.145 e. The molecule has 22 heavy (non-hydrogen) atoms. The molecule has 0 fully saturated rings. The molecule has 0 aliphatic rings. The van der Waals surface area contributed by atoms with Gasteiger partial charge in [-0.2, -0.15) is 0 Å². The SMILES string of the molecule is Cc1cccc(-c2nc3ccccc3n2-c2ccccc2)c1. The summed E-state index contributed by atoms with van der Waals surface area (Å²) in [6.07, 6.45) is 0. The van der Waals surface area contributed by atoms with E-state index in [4.69, 9.17) is 4.98 Å². The maximum absolute atomic E-state index is 4.86.